The van der Waals surface area contributed by atoms with Crippen molar-refractivity contribution in [2.75, 3.05) is 18.2 Å². The van der Waals surface area contributed by atoms with Gasteiger partial charge in [-0.05, 0) is 24.3 Å². The van der Waals surface area contributed by atoms with Gasteiger partial charge in [0.25, 0.3) is 0 Å². The predicted octanol–water partition coefficient (Wildman–Crippen LogP) is 2.74. The van der Waals surface area contributed by atoms with Gasteiger partial charge in [-0.25, -0.2) is 8.78 Å². The number of nitrogens with one attached hydrogen (secondary N) is 1. The predicted molar refractivity (Wildman–Crippen MR) is 76.1 cm³/mol. The maximum atomic E-state index is 13.5. The van der Waals surface area contributed by atoms with Gasteiger partial charge >= 0.3 is 0 Å². The average molecular weight is 292 g/mol. The van der Waals surface area contributed by atoms with Crippen LogP contribution >= 0.6 is 0 Å². The molecular weight excluding hydrogens is 278 g/mol. The lowest BCUT2D eigenvalue weighted by Gasteiger charge is -2.10. The van der Waals surface area contributed by atoms with Gasteiger partial charge in [0.05, 0.1) is 24.9 Å². The highest BCUT2D eigenvalue weighted by Crippen LogP contribution is 2.24. The molecule has 0 spiro atoms. The highest BCUT2D eigenvalue weighted by atomic mass is 19.1. The highest BCUT2D eigenvalue weighted by Gasteiger charge is 2.14. The number of hydrogen-bond donors (Lipinski definition) is 2. The van der Waals surface area contributed by atoms with Crippen LogP contribution in [0, 0.1) is 11.6 Å². The van der Waals surface area contributed by atoms with Crippen LogP contribution in [-0.2, 0) is 11.2 Å². The molecule has 21 heavy (non-hydrogen) atoms. The number of methoxy groups -OCH3 is 1. The quantitative estimate of drug-likeness (QED) is 0.852. The van der Waals surface area contributed by atoms with E-state index < -0.39 is 24.0 Å². The van der Waals surface area contributed by atoms with E-state index in [1.54, 1.807) is 18.2 Å². The Morgan fingerprint density at radius 1 is 1.24 bits per heavy atom. The van der Waals surface area contributed by atoms with E-state index in [0.717, 1.165) is 12.1 Å². The molecule has 0 atom stereocenters. The number of anilines is 2. The number of amides is 1. The first-order chi connectivity index (χ1) is 10.0. The van der Waals surface area contributed by atoms with Crippen molar-refractivity contribution >= 4 is 17.3 Å². The van der Waals surface area contributed by atoms with E-state index in [0.29, 0.717) is 17.1 Å². The van der Waals surface area contributed by atoms with E-state index in [1.165, 1.54) is 13.2 Å². The number of ether oxygens (including phenoxy) is 1. The molecule has 0 saturated heterocycles. The van der Waals surface area contributed by atoms with Gasteiger partial charge in [-0.3, -0.25) is 4.79 Å². The third kappa shape index (κ3) is 3.47. The van der Waals surface area contributed by atoms with Crippen LogP contribution in [0.2, 0.25) is 0 Å². The minimum Gasteiger partial charge on any atom is -0.497 e. The molecule has 0 fully saturated rings. The van der Waals surface area contributed by atoms with Gasteiger partial charge in [0.2, 0.25) is 5.91 Å². The SMILES string of the molecule is COc1ccc(NC(=O)Cc2c(F)cccc2F)c(N)c1. The number of hydrogen-bond acceptors (Lipinski definition) is 3. The maximum Gasteiger partial charge on any atom is 0.229 e. The minimum atomic E-state index is -0.757. The molecule has 0 heterocycles. The molecule has 0 bridgehead atoms. The Kier molecular flexibility index (Phi) is 4.37. The number of halogens is 2. The summed E-state index contributed by atoms with van der Waals surface area (Å²) in [7, 11) is 1.49. The summed E-state index contributed by atoms with van der Waals surface area (Å²) in [4.78, 5) is 11.9. The average Bonchev–Trinajstić information content (AvgIpc) is 2.45. The zero-order valence-electron chi connectivity index (χ0n) is 11.3. The lowest BCUT2D eigenvalue weighted by molar-refractivity contribution is -0.115. The van der Waals surface area contributed by atoms with Crippen molar-refractivity contribution in [3.05, 3.63) is 53.6 Å². The third-order valence-corrected chi connectivity index (χ3v) is 2.93. The summed E-state index contributed by atoms with van der Waals surface area (Å²) in [5.41, 5.74) is 6.14. The fourth-order valence-corrected chi connectivity index (χ4v) is 1.84. The Balaban J connectivity index is 2.12. The Morgan fingerprint density at radius 2 is 1.90 bits per heavy atom. The number of benzene rings is 2. The summed E-state index contributed by atoms with van der Waals surface area (Å²) < 4.78 is 31.9. The first-order valence-electron chi connectivity index (χ1n) is 6.17. The molecular formula is C15H14F2N2O2. The second kappa shape index (κ2) is 6.21. The number of carbonyl (C=O) groups excluding carboxylic acids is 1. The monoisotopic (exact) mass is 292 g/mol. The fraction of sp³-hybridized carbons (Fsp3) is 0.133. The van der Waals surface area contributed by atoms with E-state index in [1.807, 2.05) is 0 Å². The van der Waals surface area contributed by atoms with Crippen molar-refractivity contribution < 1.29 is 18.3 Å². The van der Waals surface area contributed by atoms with E-state index >= 15 is 0 Å². The van der Waals surface area contributed by atoms with Crippen molar-refractivity contribution in [2.24, 2.45) is 0 Å². The van der Waals surface area contributed by atoms with Crippen molar-refractivity contribution in [1.82, 2.24) is 0 Å². The molecule has 110 valence electrons. The molecule has 0 aromatic heterocycles. The normalized spacial score (nSPS) is 10.2. The molecule has 2 aromatic rings. The van der Waals surface area contributed by atoms with Gasteiger partial charge < -0.3 is 15.8 Å². The second-order valence-electron chi connectivity index (χ2n) is 4.38. The Morgan fingerprint density at radius 3 is 2.48 bits per heavy atom. The Bertz CT molecular complexity index is 654. The standard InChI is InChI=1S/C15H14F2N2O2/c1-21-9-5-6-14(13(18)7-9)19-15(20)8-10-11(16)3-2-4-12(10)17/h2-7H,8,18H2,1H3,(H,19,20). The molecule has 3 N–H and O–H groups in total. The molecule has 1 amide bonds. The van der Waals surface area contributed by atoms with Gasteiger partial charge in [0.15, 0.2) is 0 Å². The third-order valence-electron chi connectivity index (χ3n) is 2.93. The fourth-order valence-electron chi connectivity index (χ4n) is 1.84. The number of carbonyl (C=O) groups is 1. The Hall–Kier alpha value is -2.63. The van der Waals surface area contributed by atoms with Crippen molar-refractivity contribution in [1.29, 1.82) is 0 Å². The van der Waals surface area contributed by atoms with Crippen molar-refractivity contribution in [3.8, 4) is 5.75 Å². The summed E-state index contributed by atoms with van der Waals surface area (Å²) in [6.07, 6.45) is -0.413. The highest BCUT2D eigenvalue weighted by molar-refractivity contribution is 5.95. The van der Waals surface area contributed by atoms with E-state index in [-0.39, 0.29) is 5.56 Å². The Labute approximate surface area is 120 Å². The van der Waals surface area contributed by atoms with Crippen LogP contribution < -0.4 is 15.8 Å². The first-order valence-corrected chi connectivity index (χ1v) is 6.17. The van der Waals surface area contributed by atoms with Crippen molar-refractivity contribution in [3.63, 3.8) is 0 Å². The molecule has 0 saturated carbocycles. The lowest BCUT2D eigenvalue weighted by Crippen LogP contribution is -2.17. The second-order valence-corrected chi connectivity index (χ2v) is 4.38. The molecule has 4 nitrogen and oxygen atoms in total. The van der Waals surface area contributed by atoms with E-state index in [9.17, 15) is 13.6 Å². The summed E-state index contributed by atoms with van der Waals surface area (Å²) >= 11 is 0. The molecule has 0 aliphatic rings. The topological polar surface area (TPSA) is 64.3 Å². The number of nitrogen functional groups attached to an aromatic ring is 1. The van der Waals surface area contributed by atoms with Crippen LogP contribution in [-0.4, -0.2) is 13.0 Å². The number of nitrogens with two attached hydrogens (primary N) is 1. The lowest BCUT2D eigenvalue weighted by atomic mass is 10.1. The molecule has 6 heteroatoms. The summed E-state index contributed by atoms with van der Waals surface area (Å²) in [6.45, 7) is 0. The van der Waals surface area contributed by atoms with Crippen LogP contribution in [0.1, 0.15) is 5.56 Å². The molecule has 0 aliphatic heterocycles. The molecule has 0 radical (unpaired) electrons. The first kappa shape index (κ1) is 14.8. The van der Waals surface area contributed by atoms with Gasteiger partial charge in [0.1, 0.15) is 17.4 Å². The van der Waals surface area contributed by atoms with Crippen LogP contribution in [0.3, 0.4) is 0 Å². The van der Waals surface area contributed by atoms with Crippen LogP contribution in [0.4, 0.5) is 20.2 Å². The smallest absolute Gasteiger partial charge is 0.229 e. The summed E-state index contributed by atoms with van der Waals surface area (Å²) in [5, 5.41) is 2.51. The van der Waals surface area contributed by atoms with Crippen LogP contribution in [0.15, 0.2) is 36.4 Å². The zero-order valence-corrected chi connectivity index (χ0v) is 11.3. The van der Waals surface area contributed by atoms with Gasteiger partial charge in [0, 0.05) is 11.6 Å². The summed E-state index contributed by atoms with van der Waals surface area (Å²) in [5.74, 6) is -1.53. The van der Waals surface area contributed by atoms with E-state index in [4.69, 9.17) is 10.5 Å². The molecule has 0 unspecified atom stereocenters. The van der Waals surface area contributed by atoms with Gasteiger partial charge in [-0.2, -0.15) is 0 Å². The van der Waals surface area contributed by atoms with E-state index in [2.05, 4.69) is 5.32 Å². The molecule has 2 rings (SSSR count). The van der Waals surface area contributed by atoms with Crippen LogP contribution in [0.25, 0.3) is 0 Å². The summed E-state index contributed by atoms with van der Waals surface area (Å²) in [6, 6.07) is 8.17. The largest absolute Gasteiger partial charge is 0.497 e. The number of rotatable bonds is 4. The van der Waals surface area contributed by atoms with Crippen molar-refractivity contribution in [2.45, 2.75) is 6.42 Å². The maximum absolute atomic E-state index is 13.5. The minimum absolute atomic E-state index is 0.276. The zero-order chi connectivity index (χ0) is 15.4. The van der Waals surface area contributed by atoms with Gasteiger partial charge in [-0.1, -0.05) is 6.07 Å². The van der Waals surface area contributed by atoms with Crippen LogP contribution in [0.5, 0.6) is 5.75 Å². The molecule has 2 aromatic carbocycles. The van der Waals surface area contributed by atoms with Gasteiger partial charge in [-0.15, -0.1) is 0 Å². The molecule has 0 aliphatic carbocycles.